The number of halogens is 1. The molecule has 63 heavy (non-hydrogen) atoms. The molecule has 2 unspecified atom stereocenters. The first-order valence-corrected chi connectivity index (χ1v) is 22.9. The van der Waals surface area contributed by atoms with E-state index in [9.17, 15) is 39.3 Å². The summed E-state index contributed by atoms with van der Waals surface area (Å²) >= 11 is 5.70. The van der Waals surface area contributed by atoms with Crippen molar-refractivity contribution in [2.45, 2.75) is 69.2 Å². The Hall–Kier alpha value is -5.00. The second-order valence-electron chi connectivity index (χ2n) is 14.4. The third-order valence-electron chi connectivity index (χ3n) is 9.92. The number of carbonyl (C=O) groups excluding carboxylic acids is 2. The number of ether oxygens (including phenoxy) is 2. The van der Waals surface area contributed by atoms with Gasteiger partial charge in [0.25, 0.3) is 11.5 Å². The van der Waals surface area contributed by atoms with Crippen molar-refractivity contribution in [3.63, 3.8) is 0 Å². The molecule has 7 rings (SSSR count). The Kier molecular flexibility index (Phi) is 14.2. The summed E-state index contributed by atoms with van der Waals surface area (Å²) in [5, 5.41) is 35.6. The summed E-state index contributed by atoms with van der Waals surface area (Å²) in [7, 11) is -3.70. The number of alkyl halides is 1. The van der Waals surface area contributed by atoms with Crippen LogP contribution in [0.15, 0.2) is 54.1 Å². The average molecular weight is 936 g/mol. The topological polar surface area (TPSA) is 322 Å². The Morgan fingerprint density at radius 1 is 1.13 bits per heavy atom. The van der Waals surface area contributed by atoms with E-state index in [0.717, 1.165) is 10.9 Å². The molecule has 6 N–H and O–H groups in total. The highest BCUT2D eigenvalue weighted by Gasteiger charge is 2.54. The van der Waals surface area contributed by atoms with Gasteiger partial charge in [0, 0.05) is 17.9 Å². The lowest BCUT2D eigenvalue weighted by Crippen LogP contribution is -2.48. The van der Waals surface area contributed by atoms with Crippen molar-refractivity contribution in [1.29, 1.82) is 5.26 Å². The number of nitrogens with zero attached hydrogens (tertiary/aromatic N) is 8. The first-order valence-electron chi connectivity index (χ1n) is 19.0. The highest BCUT2D eigenvalue weighted by molar-refractivity contribution is 8.07. The summed E-state index contributed by atoms with van der Waals surface area (Å²) in [5.74, 6) is -1.57. The van der Waals surface area contributed by atoms with Gasteiger partial charge >= 0.3 is 15.0 Å². The van der Waals surface area contributed by atoms with E-state index in [1.54, 1.807) is 44.2 Å². The second-order valence-corrected chi connectivity index (χ2v) is 18.1. The summed E-state index contributed by atoms with van der Waals surface area (Å²) in [6.45, 7) is -3.88. The van der Waals surface area contributed by atoms with E-state index >= 15 is 4.39 Å². The van der Waals surface area contributed by atoms with Crippen LogP contribution in [-0.4, -0.2) is 122 Å². The Morgan fingerprint density at radius 2 is 1.87 bits per heavy atom. The summed E-state index contributed by atoms with van der Waals surface area (Å²) in [5.41, 5.74) is -2.45. The van der Waals surface area contributed by atoms with E-state index in [-0.39, 0.29) is 53.5 Å². The van der Waals surface area contributed by atoms with Crippen LogP contribution in [0.2, 0.25) is 0 Å². The molecular formula is C35H40FN11O13P2S. The standard InChI is InChI=1S/C35H40FN11O13P2S/c1-18(2)30(50)44-34-43-29-25(32(52)45-34)41-17-47(29)33-23(36)26(20(12-48)57-33)60-62(63,55-10-6-9-37)56-14-35(13-49)21(59-61(53)54)11-22(58-35)46-16-40-24-27(38-15-39-28(24)46)42-31(51)19-7-4-3-5-8-19/h3-5,7-8,15-18,20-23,26,33,48-49,61H,6,10-14H2,1-2H3,(H,53,54)(H,38,39,42,51)(H2,43,44,45,50,52)/t20-,21+,22-,23-,26-,33-,35-,62?/m1/s1. The van der Waals surface area contributed by atoms with Crippen molar-refractivity contribution >= 4 is 72.7 Å². The van der Waals surface area contributed by atoms with Gasteiger partial charge in [0.15, 0.2) is 40.5 Å². The number of aromatic amines is 1. The number of nitriles is 1. The zero-order valence-electron chi connectivity index (χ0n) is 33.1. The number of benzene rings is 1. The molecule has 6 heterocycles. The Morgan fingerprint density at radius 3 is 2.57 bits per heavy atom. The van der Waals surface area contributed by atoms with Crippen molar-refractivity contribution in [2.75, 3.05) is 37.1 Å². The van der Waals surface area contributed by atoms with Crippen LogP contribution in [-0.2, 0) is 48.7 Å². The largest absolute Gasteiger partial charge is 0.394 e. The normalized spacial score (nSPS) is 25.0. The number of anilines is 2. The van der Waals surface area contributed by atoms with Crippen LogP contribution in [0, 0.1) is 17.2 Å². The summed E-state index contributed by atoms with van der Waals surface area (Å²) in [4.78, 5) is 71.4. The van der Waals surface area contributed by atoms with Crippen LogP contribution in [0.25, 0.3) is 22.3 Å². The van der Waals surface area contributed by atoms with E-state index < -0.39 is 101 Å². The van der Waals surface area contributed by atoms with E-state index in [1.165, 1.54) is 17.2 Å². The number of hydrogen-bond donors (Lipinski definition) is 6. The van der Waals surface area contributed by atoms with E-state index in [4.69, 9.17) is 39.4 Å². The molecule has 5 aromatic rings. The van der Waals surface area contributed by atoms with Crippen LogP contribution in [0.3, 0.4) is 0 Å². The molecule has 2 amide bonds. The maximum Gasteiger partial charge on any atom is 0.327 e. The zero-order chi connectivity index (χ0) is 45.1. The van der Waals surface area contributed by atoms with E-state index in [2.05, 4.69) is 40.5 Å². The molecule has 1 aromatic carbocycles. The van der Waals surface area contributed by atoms with Crippen molar-refractivity contribution in [3.05, 3.63) is 65.2 Å². The maximum absolute atomic E-state index is 16.7. The molecule has 0 saturated carbocycles. The van der Waals surface area contributed by atoms with Crippen molar-refractivity contribution < 1.29 is 61.2 Å². The van der Waals surface area contributed by atoms with Gasteiger partial charge in [-0.25, -0.2) is 24.3 Å². The fraction of sp³-hybridized carbons (Fsp3) is 0.457. The summed E-state index contributed by atoms with van der Waals surface area (Å²) in [6, 6.07) is 10.2. The number of fused-ring (bicyclic) bond motifs is 2. The lowest BCUT2D eigenvalue weighted by Gasteiger charge is -2.34. The fourth-order valence-corrected chi connectivity index (χ4v) is 9.41. The van der Waals surface area contributed by atoms with Crippen LogP contribution in [0.4, 0.5) is 16.2 Å². The molecule has 2 fully saturated rings. The number of carbonyl (C=O) groups is 2. The fourth-order valence-electron chi connectivity index (χ4n) is 6.74. The highest BCUT2D eigenvalue weighted by atomic mass is 32.5. The Balaban J connectivity index is 1.14. The number of imidazole rings is 2. The molecule has 2 aliphatic rings. The van der Waals surface area contributed by atoms with Crippen LogP contribution in [0.5, 0.6) is 0 Å². The van der Waals surface area contributed by atoms with Crippen molar-refractivity contribution in [1.82, 2.24) is 39.0 Å². The predicted octanol–water partition coefficient (Wildman–Crippen LogP) is 2.01. The smallest absolute Gasteiger partial charge is 0.327 e. The van der Waals surface area contributed by atoms with Crippen LogP contribution < -0.4 is 16.2 Å². The average Bonchev–Trinajstić information content (AvgIpc) is 4.04. The van der Waals surface area contributed by atoms with Gasteiger partial charge in [-0.3, -0.25) is 42.9 Å². The molecule has 2 aliphatic heterocycles. The molecule has 0 bridgehead atoms. The predicted molar refractivity (Wildman–Crippen MR) is 219 cm³/mol. The minimum atomic E-state index is -4.26. The highest BCUT2D eigenvalue weighted by Crippen LogP contribution is 2.56. The van der Waals surface area contributed by atoms with E-state index in [0.29, 0.717) is 5.56 Å². The van der Waals surface area contributed by atoms with Crippen molar-refractivity contribution in [2.24, 2.45) is 5.92 Å². The second kappa shape index (κ2) is 19.4. The lowest BCUT2D eigenvalue weighted by molar-refractivity contribution is -0.143. The van der Waals surface area contributed by atoms with E-state index in [1.807, 2.05) is 6.07 Å². The maximum atomic E-state index is 16.7. The first kappa shape index (κ1) is 46.0. The summed E-state index contributed by atoms with van der Waals surface area (Å²) in [6.07, 6.45) is -6.32. The Bertz CT molecular complexity index is 2650. The van der Waals surface area contributed by atoms with Crippen LogP contribution >= 0.6 is 15.0 Å². The molecular weight excluding hydrogens is 895 g/mol. The minimum absolute atomic E-state index is 0.0689. The van der Waals surface area contributed by atoms with Gasteiger partial charge in [0.2, 0.25) is 11.9 Å². The number of H-pyrrole nitrogens is 1. The third kappa shape index (κ3) is 9.75. The first-order chi connectivity index (χ1) is 30.2. The third-order valence-corrected chi connectivity index (χ3v) is 12.7. The Labute approximate surface area is 360 Å². The molecule has 28 heteroatoms. The van der Waals surface area contributed by atoms with Gasteiger partial charge in [-0.1, -0.05) is 32.0 Å². The monoisotopic (exact) mass is 935 g/mol. The molecule has 0 aliphatic carbocycles. The molecule has 9 atom stereocenters. The number of hydrogen-bond acceptors (Lipinski definition) is 19. The number of amides is 2. The molecule has 4 aromatic heterocycles. The zero-order valence-corrected chi connectivity index (χ0v) is 35.8. The van der Waals surface area contributed by atoms with Gasteiger partial charge < -0.3 is 43.5 Å². The number of rotatable bonds is 18. The van der Waals surface area contributed by atoms with Gasteiger partial charge in [-0.05, 0) is 23.9 Å². The number of aromatic nitrogens is 8. The van der Waals surface area contributed by atoms with Gasteiger partial charge in [-0.2, -0.15) is 10.2 Å². The molecule has 336 valence electrons. The molecule has 2 saturated heterocycles. The number of aliphatic hydroxyl groups is 2. The van der Waals surface area contributed by atoms with Gasteiger partial charge in [0.05, 0.1) is 51.6 Å². The van der Waals surface area contributed by atoms with Crippen LogP contribution in [0.1, 0.15) is 49.5 Å². The SMILES string of the molecule is CC(C)C(=O)Nc1nc2c(ncn2[C@@H]2O[C@H](CO)[C@@H](OP(=S)(OCCC#N)OC[C@@]3(CO)O[C@@H](n4cnc5c(NC(=O)c6ccccc6)ncnc54)C[C@@H]3O[PH](=O)O)[C@H]2F)c(=O)[nH]1. The molecule has 0 spiro atoms. The molecule has 0 radical (unpaired) electrons. The number of aliphatic hydroxyl groups excluding tert-OH is 2. The lowest BCUT2D eigenvalue weighted by atomic mass is 9.99. The van der Waals surface area contributed by atoms with Gasteiger partial charge in [-0.15, -0.1) is 0 Å². The molecule has 24 nitrogen and oxygen atoms in total. The number of nitrogens with one attached hydrogen (secondary N) is 3. The quantitative estimate of drug-likeness (QED) is 0.0540. The van der Waals surface area contributed by atoms with Gasteiger partial charge in [0.1, 0.15) is 36.5 Å². The van der Waals surface area contributed by atoms with Crippen molar-refractivity contribution in [3.8, 4) is 6.07 Å². The summed E-state index contributed by atoms with van der Waals surface area (Å²) < 4.78 is 66.6. The minimum Gasteiger partial charge on any atom is -0.394 e.